The lowest BCUT2D eigenvalue weighted by atomic mass is 9.72. The molecule has 1 aromatic heterocycles. The van der Waals surface area contributed by atoms with Gasteiger partial charge in [-0.1, -0.05) is 32.9 Å². The quantitative estimate of drug-likeness (QED) is 0.561. The molecule has 0 fully saturated rings. The molecule has 1 aliphatic rings. The lowest BCUT2D eigenvalue weighted by Gasteiger charge is -2.33. The zero-order chi connectivity index (χ0) is 21.9. The highest BCUT2D eigenvalue weighted by molar-refractivity contribution is 7.14. The molecule has 0 bridgehead atoms. The van der Waals surface area contributed by atoms with Crippen LogP contribution in [-0.4, -0.2) is 17.8 Å². The number of primary amides is 1. The van der Waals surface area contributed by atoms with Gasteiger partial charge in [0.1, 0.15) is 0 Å². The number of carbonyl (C=O) groups is 3. The number of hydrogen-bond donors (Lipinski definition) is 4. The second kappa shape index (κ2) is 8.87. The second-order valence-electron chi connectivity index (χ2n) is 8.69. The third-order valence-electron chi connectivity index (χ3n) is 5.50. The molecule has 1 atom stereocenters. The Hall–Kier alpha value is -2.87. The molecular weight excluding hydrogens is 400 g/mol. The zero-order valence-corrected chi connectivity index (χ0v) is 18.3. The van der Waals surface area contributed by atoms with Crippen molar-refractivity contribution < 1.29 is 14.4 Å². The largest absolute Gasteiger partial charge is 0.352 e. The fraction of sp³-hybridized carbons (Fsp3) is 0.409. The van der Waals surface area contributed by atoms with Crippen LogP contribution in [0.25, 0.3) is 0 Å². The van der Waals surface area contributed by atoms with E-state index in [1.165, 1.54) is 21.8 Å². The molecule has 8 heteroatoms. The average molecular weight is 429 g/mol. The number of hydrogen-bond acceptors (Lipinski definition) is 4. The number of rotatable bonds is 4. The Bertz CT molecular complexity index is 944. The first kappa shape index (κ1) is 21.8. The normalized spacial score (nSPS) is 15.8. The molecule has 4 amide bonds. The third-order valence-corrected chi connectivity index (χ3v) is 6.74. The van der Waals surface area contributed by atoms with E-state index in [0.29, 0.717) is 16.4 Å². The van der Waals surface area contributed by atoms with Crippen molar-refractivity contribution in [3.63, 3.8) is 0 Å². The van der Waals surface area contributed by atoms with Gasteiger partial charge in [-0.25, -0.2) is 4.79 Å². The smallest absolute Gasteiger partial charge is 0.312 e. The van der Waals surface area contributed by atoms with Crippen LogP contribution in [0.1, 0.15) is 63.2 Å². The minimum absolute atomic E-state index is 0.251. The highest BCUT2D eigenvalue weighted by Crippen LogP contribution is 2.40. The van der Waals surface area contributed by atoms with Crippen LogP contribution in [0.3, 0.4) is 0 Å². The van der Waals surface area contributed by atoms with Crippen molar-refractivity contribution in [3.05, 3.63) is 56.8 Å². The molecular formula is C22H28N4O3S. The molecule has 0 radical (unpaired) electrons. The Morgan fingerprint density at radius 2 is 1.77 bits per heavy atom. The monoisotopic (exact) mass is 428 g/mol. The van der Waals surface area contributed by atoms with Crippen LogP contribution >= 0.6 is 11.3 Å². The minimum atomic E-state index is -0.608. The van der Waals surface area contributed by atoms with Crippen LogP contribution in [0.2, 0.25) is 0 Å². The SMILES string of the molecule is CC(C)(C)C1CCc2sc(C(=O)NNC(=O)c3ccc(CNC(N)=O)cc3)cc2C1. The highest BCUT2D eigenvalue weighted by atomic mass is 32.1. The number of nitrogens with two attached hydrogens (primary N) is 1. The molecule has 0 saturated carbocycles. The molecule has 0 saturated heterocycles. The van der Waals surface area contributed by atoms with E-state index in [0.717, 1.165) is 24.8 Å². The number of urea groups is 1. The van der Waals surface area contributed by atoms with Crippen LogP contribution in [0.15, 0.2) is 30.3 Å². The fourth-order valence-electron chi connectivity index (χ4n) is 3.59. The average Bonchev–Trinajstić information content (AvgIpc) is 3.13. The van der Waals surface area contributed by atoms with Gasteiger partial charge in [-0.15, -0.1) is 11.3 Å². The van der Waals surface area contributed by atoms with Gasteiger partial charge in [0.05, 0.1) is 4.88 Å². The summed E-state index contributed by atoms with van der Waals surface area (Å²) < 4.78 is 0. The summed E-state index contributed by atoms with van der Waals surface area (Å²) in [5.74, 6) is -0.111. The summed E-state index contributed by atoms with van der Waals surface area (Å²) in [7, 11) is 0. The van der Waals surface area contributed by atoms with Crippen molar-refractivity contribution >= 4 is 29.2 Å². The van der Waals surface area contributed by atoms with Crippen molar-refractivity contribution in [1.82, 2.24) is 16.2 Å². The maximum Gasteiger partial charge on any atom is 0.312 e. The molecule has 30 heavy (non-hydrogen) atoms. The van der Waals surface area contributed by atoms with E-state index >= 15 is 0 Å². The Balaban J connectivity index is 1.55. The van der Waals surface area contributed by atoms with E-state index in [4.69, 9.17) is 5.73 Å². The molecule has 0 aliphatic heterocycles. The number of aryl methyl sites for hydroxylation is 1. The van der Waals surface area contributed by atoms with Gasteiger partial charge in [-0.2, -0.15) is 0 Å². The number of amides is 4. The maximum absolute atomic E-state index is 12.5. The molecule has 0 spiro atoms. The molecule has 2 aromatic rings. The van der Waals surface area contributed by atoms with Gasteiger partial charge in [-0.3, -0.25) is 20.4 Å². The summed E-state index contributed by atoms with van der Waals surface area (Å²) in [6.07, 6.45) is 3.13. The van der Waals surface area contributed by atoms with E-state index in [9.17, 15) is 14.4 Å². The first-order chi connectivity index (χ1) is 14.1. The molecule has 160 valence electrons. The summed E-state index contributed by atoms with van der Waals surface area (Å²) in [5, 5.41) is 2.48. The molecule has 1 heterocycles. The van der Waals surface area contributed by atoms with Crippen LogP contribution in [0.4, 0.5) is 4.79 Å². The molecule has 5 N–H and O–H groups in total. The lowest BCUT2D eigenvalue weighted by molar-refractivity contribution is 0.0849. The van der Waals surface area contributed by atoms with Crippen molar-refractivity contribution in [1.29, 1.82) is 0 Å². The van der Waals surface area contributed by atoms with Gasteiger partial charge in [-0.05, 0) is 59.9 Å². The highest BCUT2D eigenvalue weighted by Gasteiger charge is 2.30. The standard InChI is InChI=1S/C22H28N4O3S/c1-22(2,3)16-8-9-17-15(10-16)11-18(30-17)20(28)26-25-19(27)14-6-4-13(5-7-14)12-24-21(23)29/h4-7,11,16H,8-10,12H2,1-3H3,(H,25,27)(H,26,28)(H3,23,24,29). The number of carbonyl (C=O) groups excluding carboxylic acids is 3. The first-order valence-corrected chi connectivity index (χ1v) is 10.8. The lowest BCUT2D eigenvalue weighted by Crippen LogP contribution is -2.41. The summed E-state index contributed by atoms with van der Waals surface area (Å²) >= 11 is 1.51. The van der Waals surface area contributed by atoms with Gasteiger partial charge in [0, 0.05) is 17.0 Å². The Morgan fingerprint density at radius 3 is 2.40 bits per heavy atom. The second-order valence-corrected chi connectivity index (χ2v) is 9.82. The number of hydrazine groups is 1. The van der Waals surface area contributed by atoms with Gasteiger partial charge in [0.25, 0.3) is 11.8 Å². The minimum Gasteiger partial charge on any atom is -0.352 e. The molecule has 1 aliphatic carbocycles. The van der Waals surface area contributed by atoms with Gasteiger partial charge in [0.2, 0.25) is 0 Å². The predicted molar refractivity (Wildman–Crippen MR) is 117 cm³/mol. The van der Waals surface area contributed by atoms with E-state index < -0.39 is 11.9 Å². The van der Waals surface area contributed by atoms with Crippen LogP contribution < -0.4 is 21.9 Å². The van der Waals surface area contributed by atoms with E-state index in [1.54, 1.807) is 24.3 Å². The number of benzene rings is 1. The van der Waals surface area contributed by atoms with Crippen molar-refractivity contribution in [2.45, 2.75) is 46.6 Å². The molecule has 3 rings (SSSR count). The first-order valence-electron chi connectivity index (χ1n) is 9.98. The van der Waals surface area contributed by atoms with Crippen molar-refractivity contribution in [2.24, 2.45) is 17.1 Å². The van der Waals surface area contributed by atoms with Gasteiger partial charge < -0.3 is 11.1 Å². The van der Waals surface area contributed by atoms with Crippen LogP contribution in [0.5, 0.6) is 0 Å². The Labute approximate surface area is 180 Å². The molecule has 1 unspecified atom stereocenters. The topological polar surface area (TPSA) is 113 Å². The van der Waals surface area contributed by atoms with E-state index in [1.807, 2.05) is 6.07 Å². The van der Waals surface area contributed by atoms with E-state index in [-0.39, 0.29) is 17.9 Å². The van der Waals surface area contributed by atoms with Crippen LogP contribution in [0, 0.1) is 11.3 Å². The summed E-state index contributed by atoms with van der Waals surface area (Å²) in [6.45, 7) is 7.07. The fourth-order valence-corrected chi connectivity index (χ4v) is 4.69. The summed E-state index contributed by atoms with van der Waals surface area (Å²) in [4.78, 5) is 37.4. The van der Waals surface area contributed by atoms with Crippen molar-refractivity contribution in [2.75, 3.05) is 0 Å². The van der Waals surface area contributed by atoms with Gasteiger partial charge in [0.15, 0.2) is 0 Å². The number of fused-ring (bicyclic) bond motifs is 1. The Kier molecular flexibility index (Phi) is 6.45. The zero-order valence-electron chi connectivity index (χ0n) is 17.5. The van der Waals surface area contributed by atoms with Crippen molar-refractivity contribution in [3.8, 4) is 0 Å². The van der Waals surface area contributed by atoms with Crippen LogP contribution in [-0.2, 0) is 19.4 Å². The summed E-state index contributed by atoms with van der Waals surface area (Å²) in [6, 6.07) is 8.02. The third kappa shape index (κ3) is 5.38. The van der Waals surface area contributed by atoms with E-state index in [2.05, 4.69) is 36.9 Å². The van der Waals surface area contributed by atoms with Gasteiger partial charge >= 0.3 is 6.03 Å². The molecule has 1 aromatic carbocycles. The predicted octanol–water partition coefficient (Wildman–Crippen LogP) is 3.14. The number of thiophene rings is 1. The molecule has 7 nitrogen and oxygen atoms in total. The Morgan fingerprint density at radius 1 is 1.10 bits per heavy atom. The maximum atomic E-state index is 12.5. The number of nitrogens with one attached hydrogen (secondary N) is 3. The summed E-state index contributed by atoms with van der Waals surface area (Å²) in [5.41, 5.74) is 12.7.